The second kappa shape index (κ2) is 9.51. The Balaban J connectivity index is 1.79. The van der Waals surface area contributed by atoms with Crippen LogP contribution in [0.5, 0.6) is 17.2 Å². The van der Waals surface area contributed by atoms with Gasteiger partial charge in [0.25, 0.3) is 0 Å². The third-order valence-corrected chi connectivity index (χ3v) is 4.60. The summed E-state index contributed by atoms with van der Waals surface area (Å²) in [6.45, 7) is 5.73. The van der Waals surface area contributed by atoms with Crippen LogP contribution in [0.4, 0.5) is 0 Å². The zero-order valence-electron chi connectivity index (χ0n) is 15.4. The summed E-state index contributed by atoms with van der Waals surface area (Å²) >= 11 is 0. The number of guanidine groups is 1. The molecule has 2 N–H and O–H groups in total. The van der Waals surface area contributed by atoms with Crippen LogP contribution in [0.3, 0.4) is 0 Å². The number of nitrogens with zero attached hydrogens (tertiary/aromatic N) is 1. The van der Waals surface area contributed by atoms with E-state index in [1.165, 1.54) is 6.26 Å². The van der Waals surface area contributed by atoms with E-state index >= 15 is 0 Å². The first-order valence-electron chi connectivity index (χ1n) is 8.62. The van der Waals surface area contributed by atoms with Gasteiger partial charge in [0.05, 0.1) is 12.3 Å². The summed E-state index contributed by atoms with van der Waals surface area (Å²) in [5.41, 5.74) is 0. The van der Waals surface area contributed by atoms with Gasteiger partial charge in [0.15, 0.2) is 17.5 Å². The Morgan fingerprint density at radius 3 is 2.85 bits per heavy atom. The molecule has 9 heteroatoms. The number of benzene rings is 1. The highest BCUT2D eigenvalue weighted by Gasteiger charge is 2.13. The van der Waals surface area contributed by atoms with Gasteiger partial charge >= 0.3 is 0 Å². The molecule has 0 amide bonds. The molecule has 0 bridgehead atoms. The van der Waals surface area contributed by atoms with E-state index in [9.17, 15) is 8.42 Å². The van der Waals surface area contributed by atoms with Crippen molar-refractivity contribution in [3.63, 3.8) is 0 Å². The topological polar surface area (TPSA) is 98.2 Å². The average Bonchev–Trinajstić information content (AvgIpc) is 3.04. The number of hydrogen-bond donors (Lipinski definition) is 2. The molecule has 0 fully saturated rings. The van der Waals surface area contributed by atoms with Crippen LogP contribution in [-0.4, -0.2) is 58.9 Å². The van der Waals surface area contributed by atoms with E-state index in [1.807, 2.05) is 26.0 Å². The van der Waals surface area contributed by atoms with Crippen molar-refractivity contribution in [3.8, 4) is 17.2 Å². The van der Waals surface area contributed by atoms with Crippen molar-refractivity contribution in [2.24, 2.45) is 4.99 Å². The van der Waals surface area contributed by atoms with Gasteiger partial charge in [-0.05, 0) is 32.4 Å². The lowest BCUT2D eigenvalue weighted by Crippen LogP contribution is -2.43. The first-order chi connectivity index (χ1) is 12.4. The predicted octanol–water partition coefficient (Wildman–Crippen LogP) is 1.17. The van der Waals surface area contributed by atoms with Crippen molar-refractivity contribution in [3.05, 3.63) is 18.2 Å². The maximum atomic E-state index is 11.3. The lowest BCUT2D eigenvalue weighted by atomic mass is 10.3. The number of fused-ring (bicyclic) bond motifs is 1. The Morgan fingerprint density at radius 2 is 2.12 bits per heavy atom. The molecule has 146 valence electrons. The average molecular weight is 385 g/mol. The van der Waals surface area contributed by atoms with Crippen LogP contribution in [-0.2, 0) is 9.84 Å². The van der Waals surface area contributed by atoms with Crippen molar-refractivity contribution >= 4 is 15.8 Å². The smallest absolute Gasteiger partial charge is 0.231 e. The van der Waals surface area contributed by atoms with E-state index < -0.39 is 9.84 Å². The standard InChI is InChI=1S/C17H27N3O5S/c1-4-18-17(20-13(2)7-10-26(3,21)22)19-8-9-23-14-5-6-15-16(11-14)25-12-24-15/h5-6,11,13H,4,7-10,12H2,1-3H3,(H2,18,19,20). The Kier molecular flexibility index (Phi) is 7.38. The highest BCUT2D eigenvalue weighted by molar-refractivity contribution is 7.90. The molecule has 8 nitrogen and oxygen atoms in total. The molecular weight excluding hydrogens is 358 g/mol. The molecule has 2 rings (SSSR count). The third kappa shape index (κ3) is 6.99. The summed E-state index contributed by atoms with van der Waals surface area (Å²) in [4.78, 5) is 4.45. The van der Waals surface area contributed by atoms with Crippen LogP contribution < -0.4 is 24.8 Å². The molecule has 0 radical (unpaired) electrons. The summed E-state index contributed by atoms with van der Waals surface area (Å²) in [7, 11) is -2.96. The van der Waals surface area contributed by atoms with Crippen LogP contribution in [0.25, 0.3) is 0 Å². The monoisotopic (exact) mass is 385 g/mol. The van der Waals surface area contributed by atoms with Gasteiger partial charge in [0.2, 0.25) is 6.79 Å². The van der Waals surface area contributed by atoms with Gasteiger partial charge in [0.1, 0.15) is 22.2 Å². The zero-order valence-corrected chi connectivity index (χ0v) is 16.3. The van der Waals surface area contributed by atoms with Crippen LogP contribution in [0.2, 0.25) is 0 Å². The minimum atomic E-state index is -2.96. The fourth-order valence-corrected chi connectivity index (χ4v) is 3.09. The molecule has 1 heterocycles. The predicted molar refractivity (Wildman–Crippen MR) is 101 cm³/mol. The SMILES string of the molecule is CCNC(=NCCOc1ccc2c(c1)OCO2)NC(C)CCS(C)(=O)=O. The van der Waals surface area contributed by atoms with E-state index in [1.54, 1.807) is 6.07 Å². The van der Waals surface area contributed by atoms with Crippen LogP contribution in [0.15, 0.2) is 23.2 Å². The highest BCUT2D eigenvalue weighted by atomic mass is 32.2. The Hall–Kier alpha value is -2.16. The summed E-state index contributed by atoms with van der Waals surface area (Å²) < 4.78 is 38.8. The minimum Gasteiger partial charge on any atom is -0.492 e. The second-order valence-electron chi connectivity index (χ2n) is 6.09. The van der Waals surface area contributed by atoms with E-state index in [2.05, 4.69) is 15.6 Å². The molecule has 1 aromatic rings. The van der Waals surface area contributed by atoms with Crippen molar-refractivity contribution in [1.82, 2.24) is 10.6 Å². The van der Waals surface area contributed by atoms with Gasteiger partial charge in [-0.2, -0.15) is 0 Å². The van der Waals surface area contributed by atoms with Crippen molar-refractivity contribution in [2.75, 3.05) is 38.5 Å². The normalized spacial score (nSPS) is 14.8. The molecule has 1 aliphatic rings. The number of aliphatic imine (C=N–C) groups is 1. The molecule has 26 heavy (non-hydrogen) atoms. The molecule has 1 atom stereocenters. The van der Waals surface area contributed by atoms with Crippen molar-refractivity contribution < 1.29 is 22.6 Å². The first kappa shape index (κ1) is 20.2. The first-order valence-corrected chi connectivity index (χ1v) is 10.7. The quantitative estimate of drug-likeness (QED) is 0.374. The van der Waals surface area contributed by atoms with Crippen LogP contribution in [0.1, 0.15) is 20.3 Å². The lowest BCUT2D eigenvalue weighted by Gasteiger charge is -2.17. The minimum absolute atomic E-state index is 0.00250. The van der Waals surface area contributed by atoms with E-state index in [0.29, 0.717) is 43.6 Å². The summed E-state index contributed by atoms with van der Waals surface area (Å²) in [6.07, 6.45) is 1.77. The number of sulfone groups is 1. The van der Waals surface area contributed by atoms with E-state index in [4.69, 9.17) is 14.2 Å². The molecule has 1 aliphatic heterocycles. The maximum absolute atomic E-state index is 11.3. The van der Waals surface area contributed by atoms with Crippen LogP contribution >= 0.6 is 0 Å². The Morgan fingerprint density at radius 1 is 1.35 bits per heavy atom. The fraction of sp³-hybridized carbons (Fsp3) is 0.588. The lowest BCUT2D eigenvalue weighted by molar-refractivity contribution is 0.173. The molecule has 1 unspecified atom stereocenters. The number of rotatable bonds is 9. The van der Waals surface area contributed by atoms with Crippen LogP contribution in [0, 0.1) is 0 Å². The molecule has 0 aliphatic carbocycles. The van der Waals surface area contributed by atoms with E-state index in [-0.39, 0.29) is 18.6 Å². The van der Waals surface area contributed by atoms with E-state index in [0.717, 1.165) is 5.75 Å². The van der Waals surface area contributed by atoms with Crippen molar-refractivity contribution in [2.45, 2.75) is 26.3 Å². The van der Waals surface area contributed by atoms with Gasteiger partial charge in [-0.25, -0.2) is 13.4 Å². The highest BCUT2D eigenvalue weighted by Crippen LogP contribution is 2.34. The molecule has 1 aromatic carbocycles. The van der Waals surface area contributed by atoms with Crippen molar-refractivity contribution in [1.29, 1.82) is 0 Å². The van der Waals surface area contributed by atoms with Gasteiger partial charge in [-0.1, -0.05) is 0 Å². The summed E-state index contributed by atoms with van der Waals surface area (Å²) in [5, 5.41) is 6.35. The number of ether oxygens (including phenoxy) is 3. The molecular formula is C17H27N3O5S. The van der Waals surface area contributed by atoms with Gasteiger partial charge in [0, 0.05) is 24.9 Å². The molecule has 0 aromatic heterocycles. The molecule has 0 saturated heterocycles. The second-order valence-corrected chi connectivity index (χ2v) is 8.35. The maximum Gasteiger partial charge on any atom is 0.231 e. The number of nitrogens with one attached hydrogen (secondary N) is 2. The molecule has 0 saturated carbocycles. The fourth-order valence-electron chi connectivity index (χ4n) is 2.30. The number of hydrogen-bond acceptors (Lipinski definition) is 6. The summed E-state index contributed by atoms with van der Waals surface area (Å²) in [5.74, 6) is 2.89. The third-order valence-electron chi connectivity index (χ3n) is 3.62. The Labute approximate surface area is 154 Å². The summed E-state index contributed by atoms with van der Waals surface area (Å²) in [6, 6.07) is 5.43. The largest absolute Gasteiger partial charge is 0.492 e. The molecule has 0 spiro atoms. The van der Waals surface area contributed by atoms with Gasteiger partial charge in [-0.3, -0.25) is 0 Å². The van der Waals surface area contributed by atoms with Gasteiger partial charge in [-0.15, -0.1) is 0 Å². The Bertz CT molecular complexity index is 721. The van der Waals surface area contributed by atoms with Gasteiger partial charge < -0.3 is 24.8 Å². The zero-order chi connectivity index (χ0) is 19.0.